The topological polar surface area (TPSA) is 60.5 Å². The molecule has 1 atom stereocenters. The van der Waals surface area contributed by atoms with Gasteiger partial charge in [-0.15, -0.1) is 0 Å². The zero-order valence-electron chi connectivity index (χ0n) is 15.4. The van der Waals surface area contributed by atoms with Gasteiger partial charge in [0.2, 0.25) is 0 Å². The Morgan fingerprint density at radius 3 is 2.96 bits per heavy atom. The van der Waals surface area contributed by atoms with Crippen molar-refractivity contribution in [1.29, 1.82) is 0 Å². The maximum atomic E-state index is 13.2. The van der Waals surface area contributed by atoms with E-state index in [0.29, 0.717) is 25.5 Å². The molecule has 140 valence electrons. The molecule has 3 heterocycles. The molecule has 3 aromatic rings. The smallest absolute Gasteiger partial charge is 0.290 e. The molecule has 0 radical (unpaired) electrons. The summed E-state index contributed by atoms with van der Waals surface area (Å²) in [6.45, 7) is 4.50. The first kappa shape index (κ1) is 16.6. The van der Waals surface area contributed by atoms with Gasteiger partial charge in [0.25, 0.3) is 5.91 Å². The lowest BCUT2D eigenvalue weighted by atomic mass is 10.1. The number of hydrogen-bond acceptors (Lipinski definition) is 4. The lowest BCUT2D eigenvalue weighted by Crippen LogP contribution is -2.42. The lowest BCUT2D eigenvalue weighted by Gasteiger charge is -2.34. The first-order valence-electron chi connectivity index (χ1n) is 9.56. The van der Waals surface area contributed by atoms with Crippen molar-refractivity contribution in [2.75, 3.05) is 19.8 Å². The molecule has 5 rings (SSSR count). The van der Waals surface area contributed by atoms with E-state index in [2.05, 4.69) is 9.55 Å². The second-order valence-electron chi connectivity index (χ2n) is 7.66. The molecule has 6 heteroatoms. The number of carbonyl (C=O) groups excluding carboxylic acids is 1. The van der Waals surface area contributed by atoms with E-state index < -0.39 is 0 Å². The van der Waals surface area contributed by atoms with Crippen LogP contribution in [-0.2, 0) is 11.3 Å². The Labute approximate surface area is 157 Å². The number of amides is 1. The third-order valence-corrected chi connectivity index (χ3v) is 5.61. The van der Waals surface area contributed by atoms with E-state index in [9.17, 15) is 4.79 Å². The molecule has 0 unspecified atom stereocenters. The summed E-state index contributed by atoms with van der Waals surface area (Å²) in [6, 6.07) is 7.87. The maximum absolute atomic E-state index is 13.2. The molecule has 0 N–H and O–H groups in total. The third-order valence-electron chi connectivity index (χ3n) is 5.61. The van der Waals surface area contributed by atoms with Gasteiger partial charge < -0.3 is 18.6 Å². The molecule has 0 spiro atoms. The second-order valence-corrected chi connectivity index (χ2v) is 7.66. The van der Waals surface area contributed by atoms with E-state index in [4.69, 9.17) is 9.15 Å². The number of furan rings is 1. The van der Waals surface area contributed by atoms with E-state index in [1.54, 1.807) is 0 Å². The molecule has 0 bridgehead atoms. The quantitative estimate of drug-likeness (QED) is 0.694. The molecule has 6 nitrogen and oxygen atoms in total. The average molecular weight is 365 g/mol. The highest BCUT2D eigenvalue weighted by Crippen LogP contribution is 2.31. The Kier molecular flexibility index (Phi) is 4.01. The fourth-order valence-corrected chi connectivity index (χ4v) is 3.85. The highest BCUT2D eigenvalue weighted by Gasteiger charge is 2.32. The standard InChI is InChI=1S/C21H23N3O3/c1-14-18-4-2-3-5-19(18)27-20(14)21(25)23-9-16-8-22-13-24(16)17(10-23)12-26-11-15-6-7-15/h2-5,8,13,15,17H,6-7,9-12H2,1H3/t17-/m1/s1. The van der Waals surface area contributed by atoms with Crippen LogP contribution in [0.5, 0.6) is 0 Å². The van der Waals surface area contributed by atoms with Crippen molar-refractivity contribution < 1.29 is 13.9 Å². The van der Waals surface area contributed by atoms with Crippen LogP contribution >= 0.6 is 0 Å². The van der Waals surface area contributed by atoms with Crippen LogP contribution < -0.4 is 0 Å². The second kappa shape index (κ2) is 6.53. The van der Waals surface area contributed by atoms with Crippen LogP contribution in [0.25, 0.3) is 11.0 Å². The fourth-order valence-electron chi connectivity index (χ4n) is 3.85. The van der Waals surface area contributed by atoms with E-state index >= 15 is 0 Å². The molecule has 1 aromatic carbocycles. The normalized spacial score (nSPS) is 19.4. The molecule has 1 aliphatic carbocycles. The van der Waals surface area contributed by atoms with Gasteiger partial charge in [0.05, 0.1) is 31.2 Å². The van der Waals surface area contributed by atoms with Crippen molar-refractivity contribution in [3.05, 3.63) is 53.8 Å². The van der Waals surface area contributed by atoms with Crippen LogP contribution in [0.2, 0.25) is 0 Å². The molecule has 0 saturated heterocycles. The lowest BCUT2D eigenvalue weighted by molar-refractivity contribution is 0.0478. The maximum Gasteiger partial charge on any atom is 0.290 e. The number of rotatable bonds is 5. The van der Waals surface area contributed by atoms with E-state index in [1.807, 2.05) is 48.6 Å². The Hall–Kier alpha value is -2.60. The zero-order valence-corrected chi connectivity index (χ0v) is 15.4. The Balaban J connectivity index is 1.38. The van der Waals surface area contributed by atoms with Gasteiger partial charge in [-0.05, 0) is 31.7 Å². The number of aromatic nitrogens is 2. The first-order chi connectivity index (χ1) is 13.2. The van der Waals surface area contributed by atoms with Crippen molar-refractivity contribution in [1.82, 2.24) is 14.5 Å². The van der Waals surface area contributed by atoms with Crippen molar-refractivity contribution in [2.45, 2.75) is 32.4 Å². The number of hydrogen-bond donors (Lipinski definition) is 0. The Morgan fingerprint density at radius 2 is 2.15 bits per heavy atom. The molecule has 1 aliphatic heterocycles. The molecule has 1 fully saturated rings. The van der Waals surface area contributed by atoms with E-state index in [0.717, 1.165) is 34.8 Å². The van der Waals surface area contributed by atoms with Crippen molar-refractivity contribution in [3.8, 4) is 0 Å². The fraction of sp³-hybridized carbons (Fsp3) is 0.429. The van der Waals surface area contributed by atoms with Gasteiger partial charge in [0.1, 0.15) is 5.58 Å². The Morgan fingerprint density at radius 1 is 1.30 bits per heavy atom. The molecular weight excluding hydrogens is 342 g/mol. The number of aryl methyl sites for hydroxylation is 1. The van der Waals surface area contributed by atoms with Crippen LogP contribution in [0.4, 0.5) is 0 Å². The third kappa shape index (κ3) is 3.04. The summed E-state index contributed by atoms with van der Waals surface area (Å²) in [5, 5.41) is 0.993. The minimum atomic E-state index is -0.0663. The monoisotopic (exact) mass is 365 g/mol. The number of fused-ring (bicyclic) bond motifs is 2. The molecular formula is C21H23N3O3. The average Bonchev–Trinajstić information content (AvgIpc) is 3.27. The van der Waals surface area contributed by atoms with Crippen molar-refractivity contribution in [3.63, 3.8) is 0 Å². The van der Waals surface area contributed by atoms with E-state index in [-0.39, 0.29) is 11.9 Å². The van der Waals surface area contributed by atoms with Crippen LogP contribution in [0.1, 0.15) is 40.7 Å². The summed E-state index contributed by atoms with van der Waals surface area (Å²) >= 11 is 0. The predicted molar refractivity (Wildman–Crippen MR) is 100 cm³/mol. The van der Waals surface area contributed by atoms with Crippen LogP contribution in [0, 0.1) is 12.8 Å². The minimum Gasteiger partial charge on any atom is -0.451 e. The van der Waals surface area contributed by atoms with Gasteiger partial charge in [-0.3, -0.25) is 4.79 Å². The summed E-state index contributed by atoms with van der Waals surface area (Å²) in [6.07, 6.45) is 6.22. The van der Waals surface area contributed by atoms with Crippen LogP contribution in [0.3, 0.4) is 0 Å². The summed E-state index contributed by atoms with van der Waals surface area (Å²) < 4.78 is 14.0. The Bertz CT molecular complexity index is 986. The highest BCUT2D eigenvalue weighted by atomic mass is 16.5. The summed E-state index contributed by atoms with van der Waals surface area (Å²) in [5.74, 6) is 1.09. The van der Waals surface area contributed by atoms with E-state index in [1.165, 1.54) is 12.8 Å². The number of carbonyl (C=O) groups is 1. The minimum absolute atomic E-state index is 0.0663. The van der Waals surface area contributed by atoms with Gasteiger partial charge in [-0.1, -0.05) is 18.2 Å². The van der Waals surface area contributed by atoms with Crippen LogP contribution in [-0.4, -0.2) is 40.1 Å². The summed E-state index contributed by atoms with van der Waals surface area (Å²) in [7, 11) is 0. The SMILES string of the molecule is Cc1c(C(=O)N2Cc3cncn3[C@@H](COCC3CC3)C2)oc2ccccc12. The number of imidazole rings is 1. The summed E-state index contributed by atoms with van der Waals surface area (Å²) in [5.41, 5.74) is 2.68. The largest absolute Gasteiger partial charge is 0.451 e. The molecule has 1 amide bonds. The number of nitrogens with zero attached hydrogens (tertiary/aromatic N) is 3. The molecule has 2 aliphatic rings. The molecule has 2 aromatic heterocycles. The van der Waals surface area contributed by atoms with Crippen molar-refractivity contribution >= 4 is 16.9 Å². The van der Waals surface area contributed by atoms with Crippen LogP contribution in [0.15, 0.2) is 41.2 Å². The van der Waals surface area contributed by atoms with Crippen molar-refractivity contribution in [2.24, 2.45) is 5.92 Å². The van der Waals surface area contributed by atoms with Gasteiger partial charge in [0.15, 0.2) is 5.76 Å². The molecule has 27 heavy (non-hydrogen) atoms. The summed E-state index contributed by atoms with van der Waals surface area (Å²) in [4.78, 5) is 19.3. The highest BCUT2D eigenvalue weighted by molar-refractivity contribution is 5.98. The molecule has 1 saturated carbocycles. The van der Waals surface area contributed by atoms with Gasteiger partial charge in [-0.2, -0.15) is 0 Å². The first-order valence-corrected chi connectivity index (χ1v) is 9.56. The number of para-hydroxylation sites is 1. The van der Waals surface area contributed by atoms with Gasteiger partial charge in [-0.25, -0.2) is 4.98 Å². The van der Waals surface area contributed by atoms with Gasteiger partial charge in [0, 0.05) is 30.3 Å². The number of ether oxygens (including phenoxy) is 1. The number of benzene rings is 1. The van der Waals surface area contributed by atoms with Gasteiger partial charge >= 0.3 is 0 Å². The predicted octanol–water partition coefficient (Wildman–Crippen LogP) is 3.56. The zero-order chi connectivity index (χ0) is 18.4.